The highest BCUT2D eigenvalue weighted by Crippen LogP contribution is 2.32. The zero-order valence-electron chi connectivity index (χ0n) is 6.86. The summed E-state index contributed by atoms with van der Waals surface area (Å²) in [6.07, 6.45) is 0. The molecule has 0 amide bonds. The molecule has 0 radical (unpaired) electrons. The zero-order chi connectivity index (χ0) is 9.59. The van der Waals surface area contributed by atoms with Crippen molar-refractivity contribution in [2.75, 3.05) is 6.61 Å². The molecule has 0 aliphatic carbocycles. The number of ether oxygens (including phenoxy) is 1. The van der Waals surface area contributed by atoms with Gasteiger partial charge in [0, 0.05) is 0 Å². The van der Waals surface area contributed by atoms with Gasteiger partial charge in [0.1, 0.15) is 11.3 Å². The molecule has 4 heteroatoms. The summed E-state index contributed by atoms with van der Waals surface area (Å²) in [7, 11) is 0. The van der Waals surface area contributed by atoms with Crippen LogP contribution >= 0.6 is 0 Å². The highest BCUT2D eigenvalue weighted by molar-refractivity contribution is 6.02. The zero-order valence-corrected chi connectivity index (χ0v) is 6.86. The molecule has 0 fully saturated rings. The second-order valence-electron chi connectivity index (χ2n) is 2.91. The second-order valence-corrected chi connectivity index (χ2v) is 2.91. The van der Waals surface area contributed by atoms with E-state index in [1.807, 2.05) is 0 Å². The van der Waals surface area contributed by atoms with Gasteiger partial charge in [-0.25, -0.2) is 8.78 Å². The van der Waals surface area contributed by atoms with E-state index < -0.39 is 17.4 Å². The lowest BCUT2D eigenvalue weighted by molar-refractivity contribution is 0.0958. The molecule has 0 unspecified atom stereocenters. The van der Waals surface area contributed by atoms with Gasteiger partial charge in [-0.1, -0.05) is 0 Å². The Hall–Kier alpha value is -1.45. The smallest absolute Gasteiger partial charge is 0.207 e. The van der Waals surface area contributed by atoms with Gasteiger partial charge in [0.25, 0.3) is 0 Å². The first kappa shape index (κ1) is 8.16. The fourth-order valence-electron chi connectivity index (χ4n) is 1.38. The van der Waals surface area contributed by atoms with E-state index in [1.165, 1.54) is 0 Å². The van der Waals surface area contributed by atoms with Crippen LogP contribution in [0.4, 0.5) is 8.78 Å². The van der Waals surface area contributed by atoms with Crippen molar-refractivity contribution in [2.24, 2.45) is 0 Å². The van der Waals surface area contributed by atoms with Crippen LogP contribution in [-0.2, 0) is 0 Å². The number of halogens is 2. The molecule has 1 aliphatic heterocycles. The van der Waals surface area contributed by atoms with E-state index in [4.69, 9.17) is 4.74 Å². The summed E-state index contributed by atoms with van der Waals surface area (Å²) >= 11 is 0. The average molecular weight is 184 g/mol. The average Bonchev–Trinajstić information content (AvgIpc) is 2.44. The van der Waals surface area contributed by atoms with Crippen LogP contribution in [-0.4, -0.2) is 12.4 Å². The maximum Gasteiger partial charge on any atom is 0.207 e. The van der Waals surface area contributed by atoms with Crippen molar-refractivity contribution in [3.8, 4) is 5.75 Å². The van der Waals surface area contributed by atoms with Crippen molar-refractivity contribution < 1.29 is 18.3 Å². The summed E-state index contributed by atoms with van der Waals surface area (Å²) in [5.74, 6) is -2.45. The molecule has 1 aromatic rings. The van der Waals surface area contributed by atoms with E-state index in [9.17, 15) is 13.6 Å². The Kier molecular flexibility index (Phi) is 1.58. The van der Waals surface area contributed by atoms with E-state index in [0.717, 1.165) is 6.07 Å². The molecule has 0 atom stereocenters. The molecule has 0 N–H and O–H groups in total. The first-order chi connectivity index (χ1) is 6.11. The van der Waals surface area contributed by atoms with Crippen LogP contribution in [0.15, 0.2) is 6.07 Å². The minimum atomic E-state index is -1.11. The topological polar surface area (TPSA) is 26.3 Å². The number of ketones is 1. The standard InChI is InChI=1S/C9H6F2O2/c1-4-2-5(10)8(11)7-6(12)3-13-9(4)7/h2H,3H2,1H3. The van der Waals surface area contributed by atoms with E-state index in [-0.39, 0.29) is 17.9 Å². The molecule has 2 nitrogen and oxygen atoms in total. The molecule has 1 heterocycles. The number of fused-ring (bicyclic) bond motifs is 1. The van der Waals surface area contributed by atoms with E-state index >= 15 is 0 Å². The summed E-state index contributed by atoms with van der Waals surface area (Å²) in [4.78, 5) is 11.1. The number of aryl methyl sites for hydroxylation is 1. The maximum absolute atomic E-state index is 13.1. The lowest BCUT2D eigenvalue weighted by atomic mass is 10.1. The molecule has 1 aromatic carbocycles. The Morgan fingerprint density at radius 2 is 2.15 bits per heavy atom. The van der Waals surface area contributed by atoms with Gasteiger partial charge in [-0.3, -0.25) is 4.79 Å². The largest absolute Gasteiger partial charge is 0.484 e. The summed E-state index contributed by atoms with van der Waals surface area (Å²) in [6, 6.07) is 1.02. The number of hydrogen-bond acceptors (Lipinski definition) is 2. The van der Waals surface area contributed by atoms with Gasteiger partial charge in [-0.05, 0) is 18.6 Å². The molecule has 13 heavy (non-hydrogen) atoms. The molecule has 0 bridgehead atoms. The number of benzene rings is 1. The first-order valence-electron chi connectivity index (χ1n) is 3.76. The molecule has 0 aromatic heterocycles. The van der Waals surface area contributed by atoms with Crippen molar-refractivity contribution in [1.82, 2.24) is 0 Å². The monoisotopic (exact) mass is 184 g/mol. The molecule has 0 spiro atoms. The lowest BCUT2D eigenvalue weighted by Crippen LogP contribution is -2.02. The molecular weight excluding hydrogens is 178 g/mol. The summed E-state index contributed by atoms with van der Waals surface area (Å²) in [6.45, 7) is 1.37. The Labute approximate surface area is 73.1 Å². The molecular formula is C9H6F2O2. The van der Waals surface area contributed by atoms with Crippen molar-refractivity contribution >= 4 is 5.78 Å². The first-order valence-corrected chi connectivity index (χ1v) is 3.76. The second kappa shape index (κ2) is 2.52. The summed E-state index contributed by atoms with van der Waals surface area (Å²) < 4.78 is 30.8. The highest BCUT2D eigenvalue weighted by Gasteiger charge is 2.29. The number of Topliss-reactive ketones (excluding diaryl/α,β-unsaturated/α-hetero) is 1. The van der Waals surface area contributed by atoms with E-state index in [0.29, 0.717) is 5.56 Å². The van der Waals surface area contributed by atoms with Crippen LogP contribution < -0.4 is 4.74 Å². The Balaban J connectivity index is 2.77. The van der Waals surface area contributed by atoms with E-state index in [1.54, 1.807) is 6.92 Å². The molecule has 0 saturated carbocycles. The van der Waals surface area contributed by atoms with Gasteiger partial charge in [-0.15, -0.1) is 0 Å². The summed E-state index contributed by atoms with van der Waals surface area (Å²) in [5.41, 5.74) is 0.192. The SMILES string of the molecule is Cc1cc(F)c(F)c2c1OCC2=O. The lowest BCUT2D eigenvalue weighted by Gasteiger charge is -2.03. The van der Waals surface area contributed by atoms with Crippen LogP contribution in [0.25, 0.3) is 0 Å². The van der Waals surface area contributed by atoms with Gasteiger partial charge in [0.05, 0.1) is 0 Å². The third-order valence-electron chi connectivity index (χ3n) is 1.98. The minimum absolute atomic E-state index is 0.170. The molecule has 68 valence electrons. The maximum atomic E-state index is 13.1. The van der Waals surface area contributed by atoms with Crippen LogP contribution in [0.3, 0.4) is 0 Å². The molecule has 2 rings (SSSR count). The molecule has 1 aliphatic rings. The number of hydrogen-bond donors (Lipinski definition) is 0. The Bertz CT molecular complexity index is 399. The Morgan fingerprint density at radius 3 is 2.85 bits per heavy atom. The normalized spacial score (nSPS) is 14.2. The Morgan fingerprint density at radius 1 is 1.46 bits per heavy atom. The highest BCUT2D eigenvalue weighted by atomic mass is 19.2. The van der Waals surface area contributed by atoms with Crippen molar-refractivity contribution in [1.29, 1.82) is 0 Å². The van der Waals surface area contributed by atoms with E-state index in [2.05, 4.69) is 0 Å². The quantitative estimate of drug-likeness (QED) is 0.615. The van der Waals surface area contributed by atoms with Gasteiger partial charge >= 0.3 is 0 Å². The van der Waals surface area contributed by atoms with Crippen LogP contribution in [0.5, 0.6) is 5.75 Å². The van der Waals surface area contributed by atoms with Gasteiger partial charge in [-0.2, -0.15) is 0 Å². The predicted octanol–water partition coefficient (Wildman–Crippen LogP) is 1.85. The summed E-state index contributed by atoms with van der Waals surface area (Å²) in [5, 5.41) is 0. The van der Waals surface area contributed by atoms with Crippen molar-refractivity contribution in [3.63, 3.8) is 0 Å². The van der Waals surface area contributed by atoms with Crippen molar-refractivity contribution in [2.45, 2.75) is 6.92 Å². The third kappa shape index (κ3) is 1.02. The predicted molar refractivity (Wildman–Crippen MR) is 40.9 cm³/mol. The fraction of sp³-hybridized carbons (Fsp3) is 0.222. The number of rotatable bonds is 0. The number of carbonyl (C=O) groups excluding carboxylic acids is 1. The van der Waals surface area contributed by atoms with Crippen LogP contribution in [0.1, 0.15) is 15.9 Å². The van der Waals surface area contributed by atoms with Gasteiger partial charge in [0.2, 0.25) is 5.78 Å². The van der Waals surface area contributed by atoms with Crippen LogP contribution in [0, 0.1) is 18.6 Å². The van der Waals surface area contributed by atoms with Gasteiger partial charge in [0.15, 0.2) is 18.2 Å². The minimum Gasteiger partial charge on any atom is -0.484 e. The number of carbonyl (C=O) groups is 1. The third-order valence-corrected chi connectivity index (χ3v) is 1.98. The van der Waals surface area contributed by atoms with Crippen LogP contribution in [0.2, 0.25) is 0 Å². The molecule has 0 saturated heterocycles. The fourth-order valence-corrected chi connectivity index (χ4v) is 1.38. The van der Waals surface area contributed by atoms with Crippen molar-refractivity contribution in [3.05, 3.63) is 28.8 Å². The van der Waals surface area contributed by atoms with Gasteiger partial charge < -0.3 is 4.74 Å².